The molecule has 148 valence electrons. The van der Waals surface area contributed by atoms with E-state index in [4.69, 9.17) is 27.9 Å². The van der Waals surface area contributed by atoms with Crippen LogP contribution < -0.4 is 10.1 Å². The zero-order valence-electron chi connectivity index (χ0n) is 15.9. The van der Waals surface area contributed by atoms with E-state index in [-0.39, 0.29) is 0 Å². The zero-order valence-corrected chi connectivity index (χ0v) is 17.4. The molecule has 0 fully saturated rings. The molecular weight excluding hydrogens is 405 g/mol. The minimum absolute atomic E-state index is 0.542. The molecular formula is C23H21Cl2N3O. The molecule has 0 amide bonds. The number of benzene rings is 2. The Bertz CT molecular complexity index is 1200. The van der Waals surface area contributed by atoms with Crippen LogP contribution in [-0.2, 0) is 19.4 Å². The van der Waals surface area contributed by atoms with Gasteiger partial charge in [0, 0.05) is 35.6 Å². The van der Waals surface area contributed by atoms with Crippen molar-refractivity contribution in [3.8, 4) is 5.75 Å². The van der Waals surface area contributed by atoms with Crippen molar-refractivity contribution in [3.05, 3.63) is 70.0 Å². The van der Waals surface area contributed by atoms with Gasteiger partial charge in [-0.15, -0.1) is 0 Å². The first-order chi connectivity index (χ1) is 14.2. The van der Waals surface area contributed by atoms with Crippen molar-refractivity contribution >= 4 is 45.0 Å². The monoisotopic (exact) mass is 425 g/mol. The van der Waals surface area contributed by atoms with E-state index in [1.54, 1.807) is 6.20 Å². The largest absolute Gasteiger partial charge is 0.491 e. The summed E-state index contributed by atoms with van der Waals surface area (Å²) in [7, 11) is 0. The summed E-state index contributed by atoms with van der Waals surface area (Å²) in [6, 6.07) is 13.7. The van der Waals surface area contributed by atoms with Gasteiger partial charge in [0.05, 0.1) is 27.6 Å². The van der Waals surface area contributed by atoms with Crippen LogP contribution in [0.1, 0.15) is 11.3 Å². The van der Waals surface area contributed by atoms with Gasteiger partial charge in [-0.05, 0) is 54.9 Å². The van der Waals surface area contributed by atoms with Crippen molar-refractivity contribution in [1.29, 1.82) is 0 Å². The highest BCUT2D eigenvalue weighted by molar-refractivity contribution is 6.40. The van der Waals surface area contributed by atoms with Crippen LogP contribution in [0, 0.1) is 0 Å². The molecule has 0 spiro atoms. The molecule has 6 heteroatoms. The standard InChI is InChI=1S/C23H21Cl2N3O/c24-17-6-7-18(25)23-22(17)16-8-11-26-12-9-20(16)28(23)13-14-29-21-5-1-4-19-15(21)3-2-10-27-19/h1-7,10,26H,8-9,11-14H2. The van der Waals surface area contributed by atoms with E-state index in [0.29, 0.717) is 13.2 Å². The third-order valence-corrected chi connectivity index (χ3v) is 6.21. The number of pyridine rings is 1. The number of aromatic nitrogens is 2. The van der Waals surface area contributed by atoms with E-state index in [1.807, 2.05) is 42.5 Å². The van der Waals surface area contributed by atoms with Gasteiger partial charge in [-0.2, -0.15) is 0 Å². The molecule has 0 bridgehead atoms. The van der Waals surface area contributed by atoms with Gasteiger partial charge < -0.3 is 14.6 Å². The lowest BCUT2D eigenvalue weighted by atomic mass is 10.1. The van der Waals surface area contributed by atoms with Crippen LogP contribution in [0.15, 0.2) is 48.7 Å². The molecule has 2 aromatic carbocycles. The van der Waals surface area contributed by atoms with Crippen LogP contribution in [0.3, 0.4) is 0 Å². The summed E-state index contributed by atoms with van der Waals surface area (Å²) < 4.78 is 8.48. The van der Waals surface area contributed by atoms with Crippen LogP contribution in [0.4, 0.5) is 0 Å². The summed E-state index contributed by atoms with van der Waals surface area (Å²) in [5, 5.41) is 7.10. The quantitative estimate of drug-likeness (QED) is 0.484. The van der Waals surface area contributed by atoms with Crippen LogP contribution in [-0.4, -0.2) is 29.2 Å². The number of ether oxygens (including phenoxy) is 1. The van der Waals surface area contributed by atoms with E-state index in [9.17, 15) is 0 Å². The molecule has 1 aliphatic rings. The normalized spacial score (nSPS) is 14.1. The van der Waals surface area contributed by atoms with Gasteiger partial charge in [0.1, 0.15) is 12.4 Å². The molecule has 0 radical (unpaired) electrons. The SMILES string of the molecule is Clc1ccc(Cl)c2c1c1c(n2CCOc2cccc3ncccc23)CCNCC1. The molecule has 1 N–H and O–H groups in total. The summed E-state index contributed by atoms with van der Waals surface area (Å²) in [5.41, 5.74) is 4.58. The second-order valence-electron chi connectivity index (χ2n) is 7.25. The maximum atomic E-state index is 6.62. The van der Waals surface area contributed by atoms with Crippen LogP contribution in [0.5, 0.6) is 5.75 Å². The number of rotatable bonds is 4. The van der Waals surface area contributed by atoms with Crippen LogP contribution in [0.25, 0.3) is 21.8 Å². The van der Waals surface area contributed by atoms with Crippen molar-refractivity contribution in [2.75, 3.05) is 19.7 Å². The highest BCUT2D eigenvalue weighted by Gasteiger charge is 2.22. The second-order valence-corrected chi connectivity index (χ2v) is 8.07. The van der Waals surface area contributed by atoms with E-state index < -0.39 is 0 Å². The first-order valence-electron chi connectivity index (χ1n) is 9.89. The highest BCUT2D eigenvalue weighted by atomic mass is 35.5. The molecule has 0 saturated heterocycles. The van der Waals surface area contributed by atoms with Crippen molar-refractivity contribution < 1.29 is 4.74 Å². The fourth-order valence-corrected chi connectivity index (χ4v) is 4.86. The molecule has 29 heavy (non-hydrogen) atoms. The van der Waals surface area contributed by atoms with E-state index in [0.717, 1.165) is 63.5 Å². The summed E-state index contributed by atoms with van der Waals surface area (Å²) in [6.45, 7) is 3.16. The lowest BCUT2D eigenvalue weighted by molar-refractivity contribution is 0.302. The van der Waals surface area contributed by atoms with Crippen LogP contribution >= 0.6 is 23.2 Å². The van der Waals surface area contributed by atoms with Crippen molar-refractivity contribution in [2.24, 2.45) is 0 Å². The Morgan fingerprint density at radius 2 is 1.86 bits per heavy atom. The van der Waals surface area contributed by atoms with Crippen molar-refractivity contribution in [1.82, 2.24) is 14.9 Å². The zero-order chi connectivity index (χ0) is 19.8. The van der Waals surface area contributed by atoms with Crippen molar-refractivity contribution in [3.63, 3.8) is 0 Å². The minimum atomic E-state index is 0.542. The first-order valence-corrected chi connectivity index (χ1v) is 10.6. The maximum absolute atomic E-state index is 6.62. The Morgan fingerprint density at radius 1 is 1.00 bits per heavy atom. The van der Waals surface area contributed by atoms with Gasteiger partial charge >= 0.3 is 0 Å². The molecule has 4 nitrogen and oxygen atoms in total. The second kappa shape index (κ2) is 7.86. The lowest BCUT2D eigenvalue weighted by Gasteiger charge is -2.14. The van der Waals surface area contributed by atoms with Gasteiger partial charge in [0.15, 0.2) is 0 Å². The lowest BCUT2D eigenvalue weighted by Crippen LogP contribution is -2.18. The highest BCUT2D eigenvalue weighted by Crippen LogP contribution is 2.37. The molecule has 3 heterocycles. The van der Waals surface area contributed by atoms with Crippen LogP contribution in [0.2, 0.25) is 10.0 Å². The third kappa shape index (κ3) is 3.35. The van der Waals surface area contributed by atoms with Gasteiger partial charge in [0.2, 0.25) is 0 Å². The van der Waals surface area contributed by atoms with Gasteiger partial charge in [-0.3, -0.25) is 4.98 Å². The number of nitrogens with one attached hydrogen (secondary N) is 1. The average Bonchev–Trinajstić information content (AvgIpc) is 2.88. The third-order valence-electron chi connectivity index (χ3n) is 5.59. The first kappa shape index (κ1) is 18.7. The Balaban J connectivity index is 1.50. The van der Waals surface area contributed by atoms with Gasteiger partial charge in [0.25, 0.3) is 0 Å². The molecule has 4 aromatic rings. The predicted octanol–water partition coefficient (Wildman–Crippen LogP) is 5.26. The smallest absolute Gasteiger partial charge is 0.128 e. The fraction of sp³-hybridized carbons (Fsp3) is 0.261. The Morgan fingerprint density at radius 3 is 2.79 bits per heavy atom. The molecule has 0 unspecified atom stereocenters. The number of hydrogen-bond acceptors (Lipinski definition) is 3. The maximum Gasteiger partial charge on any atom is 0.128 e. The predicted molar refractivity (Wildman–Crippen MR) is 119 cm³/mol. The van der Waals surface area contributed by atoms with E-state index in [1.165, 1.54) is 11.3 Å². The molecule has 0 saturated carbocycles. The number of hydrogen-bond donors (Lipinski definition) is 1. The molecule has 2 aromatic heterocycles. The Labute approximate surface area is 179 Å². The minimum Gasteiger partial charge on any atom is -0.491 e. The number of fused-ring (bicyclic) bond motifs is 4. The summed E-state index contributed by atoms with van der Waals surface area (Å²) in [5.74, 6) is 0.851. The topological polar surface area (TPSA) is 39.1 Å². The summed E-state index contributed by atoms with van der Waals surface area (Å²) in [6.07, 6.45) is 3.71. The Hall–Kier alpha value is -2.27. The fourth-order valence-electron chi connectivity index (χ4n) is 4.33. The van der Waals surface area contributed by atoms with E-state index in [2.05, 4.69) is 14.9 Å². The number of nitrogens with zero attached hydrogens (tertiary/aromatic N) is 2. The molecule has 0 aliphatic carbocycles. The summed E-state index contributed by atoms with van der Waals surface area (Å²) >= 11 is 13.2. The molecule has 1 aliphatic heterocycles. The van der Waals surface area contributed by atoms with Gasteiger partial charge in [-0.1, -0.05) is 29.3 Å². The van der Waals surface area contributed by atoms with Crippen molar-refractivity contribution in [2.45, 2.75) is 19.4 Å². The number of halogens is 2. The molecule has 0 atom stereocenters. The average molecular weight is 426 g/mol. The summed E-state index contributed by atoms with van der Waals surface area (Å²) in [4.78, 5) is 4.41. The molecule has 5 rings (SSSR count). The van der Waals surface area contributed by atoms with Gasteiger partial charge in [-0.25, -0.2) is 0 Å². The Kier molecular flexibility index (Phi) is 5.08. The van der Waals surface area contributed by atoms with E-state index >= 15 is 0 Å².